The normalized spacial score (nSPS) is 19.8. The number of nitro groups is 1. The Morgan fingerprint density at radius 2 is 2.04 bits per heavy atom. The van der Waals surface area contributed by atoms with Crippen molar-refractivity contribution < 1.29 is 9.72 Å². The minimum absolute atomic E-state index is 0.0374. The Balaban J connectivity index is 1.65. The highest BCUT2D eigenvalue weighted by atomic mass is 16.6. The van der Waals surface area contributed by atoms with Crippen molar-refractivity contribution in [1.82, 2.24) is 15.1 Å². The van der Waals surface area contributed by atoms with Crippen molar-refractivity contribution >= 4 is 22.5 Å². The molecule has 0 spiro atoms. The molecule has 0 saturated carbocycles. The first-order valence-corrected chi connectivity index (χ1v) is 8.54. The zero-order chi connectivity index (χ0) is 18.3. The summed E-state index contributed by atoms with van der Waals surface area (Å²) in [6.07, 6.45) is 0.888. The molecule has 0 aliphatic carbocycles. The number of nitro benzene ring substituents is 1. The Labute approximate surface area is 149 Å². The van der Waals surface area contributed by atoms with Crippen LogP contribution >= 0.6 is 0 Å². The van der Waals surface area contributed by atoms with E-state index >= 15 is 0 Å². The number of likely N-dealkylation sites (tertiary alicyclic amines) is 1. The SMILES string of the molecule is C[C@H]1[C@@H](c2ccccc2)CCN1C(=O)c1n[nH]c2ccc([N+](=O)[O-])cc12. The van der Waals surface area contributed by atoms with Gasteiger partial charge in [0.15, 0.2) is 5.69 Å². The van der Waals surface area contributed by atoms with Gasteiger partial charge in [-0.1, -0.05) is 30.3 Å². The molecule has 1 fully saturated rings. The van der Waals surface area contributed by atoms with Gasteiger partial charge in [-0.05, 0) is 25.0 Å². The lowest BCUT2D eigenvalue weighted by atomic mass is 9.93. The Morgan fingerprint density at radius 1 is 1.27 bits per heavy atom. The second kappa shape index (κ2) is 6.25. The molecule has 1 aliphatic rings. The number of benzene rings is 2. The van der Waals surface area contributed by atoms with Crippen molar-refractivity contribution in [2.24, 2.45) is 0 Å². The maximum absolute atomic E-state index is 13.1. The smallest absolute Gasteiger partial charge is 0.275 e. The Bertz CT molecular complexity index is 983. The second-order valence-corrected chi connectivity index (χ2v) is 6.60. The average Bonchev–Trinajstić information content (AvgIpc) is 3.25. The molecule has 0 unspecified atom stereocenters. The lowest BCUT2D eigenvalue weighted by Gasteiger charge is -2.24. The van der Waals surface area contributed by atoms with Crippen molar-refractivity contribution in [2.45, 2.75) is 25.3 Å². The quantitative estimate of drug-likeness (QED) is 0.578. The van der Waals surface area contributed by atoms with Gasteiger partial charge in [-0.25, -0.2) is 0 Å². The van der Waals surface area contributed by atoms with E-state index in [2.05, 4.69) is 22.3 Å². The maximum Gasteiger partial charge on any atom is 0.275 e. The summed E-state index contributed by atoms with van der Waals surface area (Å²) in [5.41, 5.74) is 2.03. The molecule has 1 N–H and O–H groups in total. The molecule has 1 aliphatic heterocycles. The van der Waals surface area contributed by atoms with E-state index in [1.165, 1.54) is 17.7 Å². The van der Waals surface area contributed by atoms with Crippen LogP contribution in [0.2, 0.25) is 0 Å². The topological polar surface area (TPSA) is 92.1 Å². The van der Waals surface area contributed by atoms with E-state index in [0.29, 0.717) is 17.4 Å². The first-order chi connectivity index (χ1) is 12.6. The van der Waals surface area contributed by atoms with Crippen molar-refractivity contribution in [3.63, 3.8) is 0 Å². The van der Waals surface area contributed by atoms with Crippen molar-refractivity contribution in [1.29, 1.82) is 0 Å². The van der Waals surface area contributed by atoms with Crippen LogP contribution < -0.4 is 0 Å². The fraction of sp³-hybridized carbons (Fsp3) is 0.263. The number of rotatable bonds is 3. The van der Waals surface area contributed by atoms with Gasteiger partial charge >= 0.3 is 0 Å². The first-order valence-electron chi connectivity index (χ1n) is 8.54. The van der Waals surface area contributed by atoms with E-state index in [4.69, 9.17) is 0 Å². The molecule has 4 rings (SSSR count). The molecular formula is C19H18N4O3. The van der Waals surface area contributed by atoms with Crippen molar-refractivity contribution in [2.75, 3.05) is 6.54 Å². The van der Waals surface area contributed by atoms with Crippen LogP contribution in [0.5, 0.6) is 0 Å². The molecular weight excluding hydrogens is 332 g/mol. The lowest BCUT2D eigenvalue weighted by molar-refractivity contribution is -0.384. The molecule has 7 heteroatoms. The average molecular weight is 350 g/mol. The highest BCUT2D eigenvalue weighted by molar-refractivity contribution is 6.05. The van der Waals surface area contributed by atoms with Crippen LogP contribution in [0.1, 0.15) is 35.3 Å². The van der Waals surface area contributed by atoms with E-state index in [0.717, 1.165) is 6.42 Å². The van der Waals surface area contributed by atoms with E-state index in [1.54, 1.807) is 6.07 Å². The van der Waals surface area contributed by atoms with Crippen LogP contribution in [-0.4, -0.2) is 38.5 Å². The molecule has 2 atom stereocenters. The number of H-pyrrole nitrogens is 1. The predicted octanol–water partition coefficient (Wildman–Crippen LogP) is 3.49. The summed E-state index contributed by atoms with van der Waals surface area (Å²) in [5.74, 6) is 0.0855. The standard InChI is InChI=1S/C19H18N4O3/c1-12-15(13-5-3-2-4-6-13)9-10-22(12)19(24)18-16-11-14(23(25)26)7-8-17(16)20-21-18/h2-8,11-12,15H,9-10H2,1H3,(H,20,21)/t12-,15-/m0/s1. The molecule has 1 aromatic heterocycles. The van der Waals surface area contributed by atoms with Gasteiger partial charge in [-0.3, -0.25) is 20.0 Å². The lowest BCUT2D eigenvalue weighted by Crippen LogP contribution is -2.35. The molecule has 132 valence electrons. The van der Waals surface area contributed by atoms with Crippen molar-refractivity contribution in [3.05, 3.63) is 69.9 Å². The van der Waals surface area contributed by atoms with Crippen LogP contribution in [0.15, 0.2) is 48.5 Å². The van der Waals surface area contributed by atoms with Gasteiger partial charge in [0, 0.05) is 36.0 Å². The molecule has 1 saturated heterocycles. The number of nitrogens with one attached hydrogen (secondary N) is 1. The van der Waals surface area contributed by atoms with Crippen LogP contribution in [0.25, 0.3) is 10.9 Å². The predicted molar refractivity (Wildman–Crippen MR) is 97.0 cm³/mol. The molecule has 0 bridgehead atoms. The Morgan fingerprint density at radius 3 is 2.77 bits per heavy atom. The van der Waals surface area contributed by atoms with Crippen LogP contribution in [0.3, 0.4) is 0 Å². The van der Waals surface area contributed by atoms with Gasteiger partial charge < -0.3 is 4.90 Å². The third-order valence-electron chi connectivity index (χ3n) is 5.20. The summed E-state index contributed by atoms with van der Waals surface area (Å²) >= 11 is 0. The van der Waals surface area contributed by atoms with Crippen LogP contribution in [0, 0.1) is 10.1 Å². The molecule has 2 heterocycles. The number of carbonyl (C=O) groups is 1. The van der Waals surface area contributed by atoms with Gasteiger partial charge in [0.2, 0.25) is 0 Å². The number of hydrogen-bond acceptors (Lipinski definition) is 4. The van der Waals surface area contributed by atoms with Crippen molar-refractivity contribution in [3.8, 4) is 0 Å². The number of amides is 1. The number of hydrogen-bond donors (Lipinski definition) is 1. The van der Waals surface area contributed by atoms with Gasteiger partial charge in [0.1, 0.15) is 0 Å². The summed E-state index contributed by atoms with van der Waals surface area (Å²) in [6.45, 7) is 2.68. The minimum atomic E-state index is -0.468. The summed E-state index contributed by atoms with van der Waals surface area (Å²) in [5, 5.41) is 18.5. The molecule has 3 aromatic rings. The second-order valence-electron chi connectivity index (χ2n) is 6.60. The maximum atomic E-state index is 13.1. The van der Waals surface area contributed by atoms with E-state index in [1.807, 2.05) is 30.0 Å². The number of aromatic nitrogens is 2. The molecule has 0 radical (unpaired) electrons. The zero-order valence-electron chi connectivity index (χ0n) is 14.3. The van der Waals surface area contributed by atoms with E-state index < -0.39 is 4.92 Å². The fourth-order valence-electron chi connectivity index (χ4n) is 3.79. The van der Waals surface area contributed by atoms with Gasteiger partial charge in [0.25, 0.3) is 11.6 Å². The summed E-state index contributed by atoms with van der Waals surface area (Å²) < 4.78 is 0. The van der Waals surface area contributed by atoms with E-state index in [9.17, 15) is 14.9 Å². The monoisotopic (exact) mass is 350 g/mol. The number of aromatic amines is 1. The summed E-state index contributed by atoms with van der Waals surface area (Å²) in [6, 6.07) is 14.6. The van der Waals surface area contributed by atoms with Gasteiger partial charge in [0.05, 0.1) is 10.4 Å². The molecule has 1 amide bonds. The zero-order valence-corrected chi connectivity index (χ0v) is 14.3. The fourth-order valence-corrected chi connectivity index (χ4v) is 3.79. The summed E-state index contributed by atoms with van der Waals surface area (Å²) in [7, 11) is 0. The number of carbonyl (C=O) groups excluding carboxylic acids is 1. The van der Waals surface area contributed by atoms with Crippen LogP contribution in [-0.2, 0) is 0 Å². The molecule has 26 heavy (non-hydrogen) atoms. The third kappa shape index (κ3) is 2.61. The number of nitrogens with zero attached hydrogens (tertiary/aromatic N) is 3. The van der Waals surface area contributed by atoms with Gasteiger partial charge in [-0.15, -0.1) is 0 Å². The van der Waals surface area contributed by atoms with Crippen LogP contribution in [0.4, 0.5) is 5.69 Å². The number of non-ortho nitro benzene ring substituents is 1. The largest absolute Gasteiger partial charge is 0.334 e. The molecule has 7 nitrogen and oxygen atoms in total. The van der Waals surface area contributed by atoms with Gasteiger partial charge in [-0.2, -0.15) is 5.10 Å². The highest BCUT2D eigenvalue weighted by Gasteiger charge is 2.36. The summed E-state index contributed by atoms with van der Waals surface area (Å²) in [4.78, 5) is 25.4. The Hall–Kier alpha value is -3.22. The first kappa shape index (κ1) is 16.3. The molecule has 2 aromatic carbocycles. The Kier molecular flexibility index (Phi) is 3.91. The van der Waals surface area contributed by atoms with E-state index in [-0.39, 0.29) is 29.2 Å². The number of fused-ring (bicyclic) bond motifs is 1. The highest BCUT2D eigenvalue weighted by Crippen LogP contribution is 2.34. The third-order valence-corrected chi connectivity index (χ3v) is 5.20. The minimum Gasteiger partial charge on any atom is -0.334 e.